The Morgan fingerprint density at radius 3 is 2.36 bits per heavy atom. The Labute approximate surface area is 166 Å². The molecule has 8 heteroatoms. The second kappa shape index (κ2) is 10.8. The summed E-state index contributed by atoms with van der Waals surface area (Å²) in [5, 5.41) is 2.69. The molecule has 7 nitrogen and oxygen atoms in total. The van der Waals surface area contributed by atoms with Gasteiger partial charge in [0, 0.05) is 13.7 Å². The van der Waals surface area contributed by atoms with E-state index >= 15 is 0 Å². The Morgan fingerprint density at radius 1 is 1.07 bits per heavy atom. The zero-order chi connectivity index (χ0) is 20.4. The minimum absolute atomic E-state index is 0.0682. The van der Waals surface area contributed by atoms with E-state index in [2.05, 4.69) is 10.0 Å². The van der Waals surface area contributed by atoms with Crippen molar-refractivity contribution in [1.82, 2.24) is 10.0 Å². The van der Waals surface area contributed by atoms with E-state index in [0.717, 1.165) is 5.56 Å². The van der Waals surface area contributed by atoms with E-state index in [0.29, 0.717) is 25.5 Å². The fraction of sp³-hybridized carbons (Fsp3) is 0.350. The summed E-state index contributed by atoms with van der Waals surface area (Å²) in [6.45, 7) is 2.98. The molecule has 0 unspecified atom stereocenters. The van der Waals surface area contributed by atoms with Gasteiger partial charge in [-0.15, -0.1) is 0 Å². The minimum Gasteiger partial charge on any atom is -0.494 e. The van der Waals surface area contributed by atoms with Crippen LogP contribution in [0.25, 0.3) is 0 Å². The van der Waals surface area contributed by atoms with Crippen LogP contribution < -0.4 is 14.8 Å². The molecule has 2 aromatic rings. The summed E-state index contributed by atoms with van der Waals surface area (Å²) < 4.78 is 38.3. The molecule has 0 aliphatic carbocycles. The summed E-state index contributed by atoms with van der Waals surface area (Å²) in [5.74, 6) is 0.176. The van der Waals surface area contributed by atoms with E-state index in [9.17, 15) is 13.2 Å². The Balaban J connectivity index is 2.17. The molecule has 0 saturated carbocycles. The van der Waals surface area contributed by atoms with E-state index < -0.39 is 22.0 Å². The van der Waals surface area contributed by atoms with Crippen molar-refractivity contribution in [1.29, 1.82) is 0 Å². The molecule has 0 heterocycles. The standard InChI is InChI=1S/C20H26N2O5S/c1-3-27-17-9-11-18(12-10-17)28(24,25)22-19(20(23)21-13-14-26-2)15-16-7-5-4-6-8-16/h4-12,19,22H,3,13-15H2,1-2H3,(H,21,23)/t19-/m1/s1. The first-order chi connectivity index (χ1) is 13.5. The van der Waals surface area contributed by atoms with Crippen molar-refractivity contribution in [3.05, 3.63) is 60.2 Å². The van der Waals surface area contributed by atoms with Crippen LogP contribution in [0.3, 0.4) is 0 Å². The molecule has 0 saturated heterocycles. The number of amides is 1. The molecule has 0 radical (unpaired) electrons. The highest BCUT2D eigenvalue weighted by atomic mass is 32.2. The van der Waals surface area contributed by atoms with Gasteiger partial charge in [-0.25, -0.2) is 8.42 Å². The second-order valence-corrected chi connectivity index (χ2v) is 7.77. The van der Waals surface area contributed by atoms with Crippen LogP contribution in [0.15, 0.2) is 59.5 Å². The van der Waals surface area contributed by atoms with E-state index in [1.54, 1.807) is 12.1 Å². The van der Waals surface area contributed by atoms with Gasteiger partial charge < -0.3 is 14.8 Å². The van der Waals surface area contributed by atoms with Crippen LogP contribution in [0.5, 0.6) is 5.75 Å². The van der Waals surface area contributed by atoms with Gasteiger partial charge in [0.2, 0.25) is 15.9 Å². The largest absolute Gasteiger partial charge is 0.494 e. The zero-order valence-corrected chi connectivity index (χ0v) is 16.9. The van der Waals surface area contributed by atoms with E-state index in [1.165, 1.54) is 19.2 Å². The number of benzene rings is 2. The van der Waals surface area contributed by atoms with Crippen LogP contribution in [0.2, 0.25) is 0 Å². The highest BCUT2D eigenvalue weighted by molar-refractivity contribution is 7.89. The second-order valence-electron chi connectivity index (χ2n) is 6.05. The van der Waals surface area contributed by atoms with Crippen molar-refractivity contribution in [3.63, 3.8) is 0 Å². The number of hydrogen-bond donors (Lipinski definition) is 2. The summed E-state index contributed by atoms with van der Waals surface area (Å²) in [6, 6.07) is 14.4. The third kappa shape index (κ3) is 6.63. The molecule has 28 heavy (non-hydrogen) atoms. The van der Waals surface area contributed by atoms with Crippen LogP contribution in [-0.2, 0) is 26.0 Å². The van der Waals surface area contributed by atoms with Gasteiger partial charge in [-0.1, -0.05) is 30.3 Å². The van der Waals surface area contributed by atoms with Crippen molar-refractivity contribution < 1.29 is 22.7 Å². The van der Waals surface area contributed by atoms with Gasteiger partial charge in [0.05, 0.1) is 18.1 Å². The molecular formula is C20H26N2O5S. The zero-order valence-electron chi connectivity index (χ0n) is 16.1. The molecular weight excluding hydrogens is 380 g/mol. The molecule has 1 amide bonds. The maximum absolute atomic E-state index is 12.8. The van der Waals surface area contributed by atoms with Gasteiger partial charge >= 0.3 is 0 Å². The molecule has 2 aromatic carbocycles. The van der Waals surface area contributed by atoms with Crippen LogP contribution in [0.4, 0.5) is 0 Å². The maximum Gasteiger partial charge on any atom is 0.241 e. The number of nitrogens with one attached hydrogen (secondary N) is 2. The average Bonchev–Trinajstić information content (AvgIpc) is 2.69. The summed E-state index contributed by atoms with van der Waals surface area (Å²) in [5.41, 5.74) is 0.851. The van der Waals surface area contributed by atoms with Crippen LogP contribution in [-0.4, -0.2) is 47.2 Å². The number of ether oxygens (including phenoxy) is 2. The van der Waals surface area contributed by atoms with Gasteiger partial charge in [-0.05, 0) is 43.2 Å². The molecule has 0 fully saturated rings. The molecule has 0 aromatic heterocycles. The van der Waals surface area contributed by atoms with Crippen LogP contribution >= 0.6 is 0 Å². The summed E-state index contributed by atoms with van der Waals surface area (Å²) in [7, 11) is -2.35. The lowest BCUT2D eigenvalue weighted by molar-refractivity contribution is -0.122. The lowest BCUT2D eigenvalue weighted by atomic mass is 10.1. The van der Waals surface area contributed by atoms with Gasteiger partial charge in [0.25, 0.3) is 0 Å². The Bertz CT molecular complexity index is 839. The van der Waals surface area contributed by atoms with Gasteiger partial charge in [-0.3, -0.25) is 4.79 Å². The maximum atomic E-state index is 12.8. The number of carbonyl (C=O) groups excluding carboxylic acids is 1. The van der Waals surface area contributed by atoms with E-state index in [1.807, 2.05) is 37.3 Å². The fourth-order valence-corrected chi connectivity index (χ4v) is 3.77. The summed E-state index contributed by atoms with van der Waals surface area (Å²) in [4.78, 5) is 12.6. The first kappa shape index (κ1) is 21.9. The number of sulfonamides is 1. The van der Waals surface area contributed by atoms with E-state index in [-0.39, 0.29) is 11.3 Å². The fourth-order valence-electron chi connectivity index (χ4n) is 2.57. The Morgan fingerprint density at radius 2 is 1.75 bits per heavy atom. The molecule has 0 bridgehead atoms. The molecule has 0 aliphatic heterocycles. The normalized spacial score (nSPS) is 12.4. The smallest absolute Gasteiger partial charge is 0.241 e. The van der Waals surface area contributed by atoms with Crippen LogP contribution in [0.1, 0.15) is 12.5 Å². The van der Waals surface area contributed by atoms with Crippen molar-refractivity contribution in [3.8, 4) is 5.75 Å². The van der Waals surface area contributed by atoms with Gasteiger partial charge in [-0.2, -0.15) is 4.72 Å². The molecule has 152 valence electrons. The first-order valence-electron chi connectivity index (χ1n) is 9.02. The van der Waals surface area contributed by atoms with Crippen molar-refractivity contribution in [2.45, 2.75) is 24.3 Å². The topological polar surface area (TPSA) is 93.7 Å². The number of methoxy groups -OCH3 is 1. The van der Waals surface area contributed by atoms with Gasteiger partial charge in [0.15, 0.2) is 0 Å². The van der Waals surface area contributed by atoms with Crippen molar-refractivity contribution in [2.75, 3.05) is 26.9 Å². The predicted octanol–water partition coefficient (Wildman–Crippen LogP) is 1.74. The SMILES string of the molecule is CCOc1ccc(S(=O)(=O)N[C@H](Cc2ccccc2)C(=O)NCCOC)cc1. The number of rotatable bonds is 11. The molecule has 0 aliphatic rings. The highest BCUT2D eigenvalue weighted by Crippen LogP contribution is 2.17. The number of hydrogen-bond acceptors (Lipinski definition) is 5. The predicted molar refractivity (Wildman–Crippen MR) is 107 cm³/mol. The molecule has 2 N–H and O–H groups in total. The van der Waals surface area contributed by atoms with E-state index in [4.69, 9.17) is 9.47 Å². The molecule has 2 rings (SSSR count). The quantitative estimate of drug-likeness (QED) is 0.555. The molecule has 0 spiro atoms. The minimum atomic E-state index is -3.88. The first-order valence-corrected chi connectivity index (χ1v) is 10.5. The third-order valence-electron chi connectivity index (χ3n) is 3.95. The van der Waals surface area contributed by atoms with Gasteiger partial charge in [0.1, 0.15) is 11.8 Å². The van der Waals surface area contributed by atoms with Crippen molar-refractivity contribution in [2.24, 2.45) is 0 Å². The lowest BCUT2D eigenvalue weighted by Gasteiger charge is -2.19. The molecule has 1 atom stereocenters. The lowest BCUT2D eigenvalue weighted by Crippen LogP contribution is -2.48. The summed E-state index contributed by atoms with van der Waals surface area (Å²) >= 11 is 0. The Hall–Kier alpha value is -2.42. The summed E-state index contributed by atoms with van der Waals surface area (Å²) in [6.07, 6.45) is 0.232. The third-order valence-corrected chi connectivity index (χ3v) is 5.43. The van der Waals surface area contributed by atoms with Crippen molar-refractivity contribution >= 4 is 15.9 Å². The Kier molecular flexibility index (Phi) is 8.43. The highest BCUT2D eigenvalue weighted by Gasteiger charge is 2.26. The number of carbonyl (C=O) groups is 1. The monoisotopic (exact) mass is 406 g/mol. The van der Waals surface area contributed by atoms with Crippen LogP contribution in [0, 0.1) is 0 Å². The average molecular weight is 407 g/mol.